The van der Waals surface area contributed by atoms with E-state index in [9.17, 15) is 9.59 Å². The standard InChI is InChI=1S/C15H20N2O4/c1-4-20-13-8-6-12(7-9-13)15(19)17-16-11(3)10-14(18)21-5-2/h6-9H,4-5,10H2,1-3H3,(H,17,19). The van der Waals surface area contributed by atoms with Crippen molar-refractivity contribution in [3.63, 3.8) is 0 Å². The number of hydrazone groups is 1. The quantitative estimate of drug-likeness (QED) is 0.474. The molecule has 0 spiro atoms. The number of carbonyl (C=O) groups excluding carboxylic acids is 2. The molecule has 114 valence electrons. The molecule has 0 atom stereocenters. The predicted molar refractivity (Wildman–Crippen MR) is 79.4 cm³/mol. The minimum atomic E-state index is -0.367. The summed E-state index contributed by atoms with van der Waals surface area (Å²) in [5.41, 5.74) is 3.34. The lowest BCUT2D eigenvalue weighted by Crippen LogP contribution is -2.20. The van der Waals surface area contributed by atoms with Crippen LogP contribution in [0.3, 0.4) is 0 Å². The molecule has 1 aromatic carbocycles. The van der Waals surface area contributed by atoms with E-state index >= 15 is 0 Å². The average Bonchev–Trinajstić information content (AvgIpc) is 2.46. The highest BCUT2D eigenvalue weighted by molar-refractivity contribution is 5.99. The normalized spacial score (nSPS) is 10.9. The highest BCUT2D eigenvalue weighted by Gasteiger charge is 2.07. The Bertz CT molecular complexity index is 509. The summed E-state index contributed by atoms with van der Waals surface area (Å²) in [6, 6.07) is 6.73. The Morgan fingerprint density at radius 3 is 2.38 bits per heavy atom. The van der Waals surface area contributed by atoms with Crippen LogP contribution < -0.4 is 10.2 Å². The first-order valence-corrected chi connectivity index (χ1v) is 6.78. The largest absolute Gasteiger partial charge is 0.494 e. The first-order valence-electron chi connectivity index (χ1n) is 6.78. The number of hydrogen-bond acceptors (Lipinski definition) is 5. The number of hydrogen-bond donors (Lipinski definition) is 1. The third-order valence-electron chi connectivity index (χ3n) is 2.48. The lowest BCUT2D eigenvalue weighted by molar-refractivity contribution is -0.141. The summed E-state index contributed by atoms with van der Waals surface area (Å²) >= 11 is 0. The molecule has 1 rings (SSSR count). The van der Waals surface area contributed by atoms with Gasteiger partial charge in [-0.3, -0.25) is 9.59 Å². The molecule has 21 heavy (non-hydrogen) atoms. The molecule has 0 fully saturated rings. The second-order valence-electron chi connectivity index (χ2n) is 4.23. The third-order valence-corrected chi connectivity index (χ3v) is 2.48. The predicted octanol–water partition coefficient (Wildman–Crippen LogP) is 2.14. The molecule has 1 amide bonds. The minimum Gasteiger partial charge on any atom is -0.494 e. The van der Waals surface area contributed by atoms with Gasteiger partial charge in [0.05, 0.1) is 19.6 Å². The maximum absolute atomic E-state index is 11.9. The van der Waals surface area contributed by atoms with Crippen molar-refractivity contribution in [1.82, 2.24) is 5.43 Å². The van der Waals surface area contributed by atoms with Crippen LogP contribution in [0.5, 0.6) is 5.75 Å². The first-order chi connectivity index (χ1) is 10.1. The van der Waals surface area contributed by atoms with Crippen LogP contribution in [-0.4, -0.2) is 30.8 Å². The molecule has 1 N–H and O–H groups in total. The Kier molecular flexibility index (Phi) is 6.94. The molecule has 0 heterocycles. The fourth-order valence-electron chi connectivity index (χ4n) is 1.54. The lowest BCUT2D eigenvalue weighted by atomic mass is 10.2. The van der Waals surface area contributed by atoms with E-state index in [2.05, 4.69) is 10.5 Å². The van der Waals surface area contributed by atoms with Crippen LogP contribution in [0.25, 0.3) is 0 Å². The Labute approximate surface area is 124 Å². The van der Waals surface area contributed by atoms with Crippen molar-refractivity contribution in [1.29, 1.82) is 0 Å². The molecule has 6 heteroatoms. The van der Waals surface area contributed by atoms with Gasteiger partial charge in [0.25, 0.3) is 5.91 Å². The molecular formula is C15H20N2O4. The zero-order valence-corrected chi connectivity index (χ0v) is 12.5. The van der Waals surface area contributed by atoms with E-state index < -0.39 is 0 Å². The number of carbonyl (C=O) groups is 2. The molecular weight excluding hydrogens is 272 g/mol. The fourth-order valence-corrected chi connectivity index (χ4v) is 1.54. The number of nitrogens with one attached hydrogen (secondary N) is 1. The zero-order chi connectivity index (χ0) is 15.7. The molecule has 0 aliphatic heterocycles. The van der Waals surface area contributed by atoms with Gasteiger partial charge in [-0.25, -0.2) is 5.43 Å². The van der Waals surface area contributed by atoms with Crippen molar-refractivity contribution < 1.29 is 19.1 Å². The Balaban J connectivity index is 2.54. The van der Waals surface area contributed by atoms with Gasteiger partial charge in [-0.1, -0.05) is 0 Å². The number of nitrogens with zero attached hydrogens (tertiary/aromatic N) is 1. The van der Waals surface area contributed by atoms with Crippen LogP contribution >= 0.6 is 0 Å². The van der Waals surface area contributed by atoms with Crippen LogP contribution in [0.1, 0.15) is 37.6 Å². The van der Waals surface area contributed by atoms with Gasteiger partial charge in [0.2, 0.25) is 0 Å². The van der Waals surface area contributed by atoms with Gasteiger partial charge < -0.3 is 9.47 Å². The highest BCUT2D eigenvalue weighted by Crippen LogP contribution is 2.11. The van der Waals surface area contributed by atoms with Gasteiger partial charge in [0, 0.05) is 11.3 Å². The van der Waals surface area contributed by atoms with Crippen molar-refractivity contribution in [2.75, 3.05) is 13.2 Å². The van der Waals surface area contributed by atoms with Gasteiger partial charge >= 0.3 is 5.97 Å². The zero-order valence-electron chi connectivity index (χ0n) is 12.5. The van der Waals surface area contributed by atoms with Crippen LogP contribution in [-0.2, 0) is 9.53 Å². The summed E-state index contributed by atoms with van der Waals surface area (Å²) in [6.07, 6.45) is 0.0530. The summed E-state index contributed by atoms with van der Waals surface area (Å²) in [4.78, 5) is 23.1. The molecule has 0 unspecified atom stereocenters. The number of ether oxygens (including phenoxy) is 2. The van der Waals surface area contributed by atoms with Crippen molar-refractivity contribution in [2.45, 2.75) is 27.2 Å². The van der Waals surface area contributed by atoms with E-state index in [1.165, 1.54) is 0 Å². The number of benzene rings is 1. The molecule has 0 aliphatic rings. The highest BCUT2D eigenvalue weighted by atomic mass is 16.5. The molecule has 0 saturated heterocycles. The smallest absolute Gasteiger partial charge is 0.311 e. The van der Waals surface area contributed by atoms with E-state index in [0.29, 0.717) is 30.2 Å². The van der Waals surface area contributed by atoms with Crippen molar-refractivity contribution >= 4 is 17.6 Å². The molecule has 0 aromatic heterocycles. The van der Waals surface area contributed by atoms with Crippen LogP contribution in [0.15, 0.2) is 29.4 Å². The minimum absolute atomic E-state index is 0.0530. The number of rotatable bonds is 7. The average molecular weight is 292 g/mol. The Morgan fingerprint density at radius 1 is 1.14 bits per heavy atom. The van der Waals surface area contributed by atoms with Crippen LogP contribution in [0.2, 0.25) is 0 Å². The maximum Gasteiger partial charge on any atom is 0.311 e. The van der Waals surface area contributed by atoms with E-state index in [4.69, 9.17) is 9.47 Å². The van der Waals surface area contributed by atoms with Crippen molar-refractivity contribution in [3.8, 4) is 5.75 Å². The van der Waals surface area contributed by atoms with Gasteiger partial charge in [-0.15, -0.1) is 0 Å². The summed E-state index contributed by atoms with van der Waals surface area (Å²) < 4.78 is 10.1. The summed E-state index contributed by atoms with van der Waals surface area (Å²) in [5, 5.41) is 3.87. The van der Waals surface area contributed by atoms with Gasteiger partial charge in [0.1, 0.15) is 5.75 Å². The molecule has 1 aromatic rings. The Morgan fingerprint density at radius 2 is 1.81 bits per heavy atom. The molecule has 0 saturated carbocycles. The number of amides is 1. The van der Waals surface area contributed by atoms with E-state index in [1.807, 2.05) is 6.92 Å². The van der Waals surface area contributed by atoms with E-state index in [0.717, 1.165) is 0 Å². The monoisotopic (exact) mass is 292 g/mol. The Hall–Kier alpha value is -2.37. The maximum atomic E-state index is 11.9. The molecule has 0 aliphatic carbocycles. The first kappa shape index (κ1) is 16.7. The fraction of sp³-hybridized carbons (Fsp3) is 0.400. The SMILES string of the molecule is CCOC(=O)CC(C)=NNC(=O)c1ccc(OCC)cc1. The summed E-state index contributed by atoms with van der Waals surface area (Å²) in [5.74, 6) is -0.00799. The van der Waals surface area contributed by atoms with E-state index in [-0.39, 0.29) is 18.3 Å². The summed E-state index contributed by atoms with van der Waals surface area (Å²) in [6.45, 7) is 6.17. The van der Waals surface area contributed by atoms with Gasteiger partial charge in [-0.05, 0) is 45.0 Å². The molecule has 0 radical (unpaired) electrons. The second-order valence-corrected chi connectivity index (χ2v) is 4.23. The van der Waals surface area contributed by atoms with Crippen LogP contribution in [0.4, 0.5) is 0 Å². The van der Waals surface area contributed by atoms with Crippen molar-refractivity contribution in [2.24, 2.45) is 5.10 Å². The molecule has 6 nitrogen and oxygen atoms in total. The van der Waals surface area contributed by atoms with E-state index in [1.54, 1.807) is 38.1 Å². The summed E-state index contributed by atoms with van der Waals surface area (Å²) in [7, 11) is 0. The lowest BCUT2D eigenvalue weighted by Gasteiger charge is -2.05. The van der Waals surface area contributed by atoms with Gasteiger partial charge in [-0.2, -0.15) is 5.10 Å². The number of esters is 1. The van der Waals surface area contributed by atoms with Crippen LogP contribution in [0, 0.1) is 0 Å². The van der Waals surface area contributed by atoms with Gasteiger partial charge in [0.15, 0.2) is 0 Å². The third kappa shape index (κ3) is 6.07. The van der Waals surface area contributed by atoms with Crippen molar-refractivity contribution in [3.05, 3.63) is 29.8 Å². The molecule has 0 bridgehead atoms. The second kappa shape index (κ2) is 8.73. The topological polar surface area (TPSA) is 77.0 Å².